The summed E-state index contributed by atoms with van der Waals surface area (Å²) in [6.07, 6.45) is 4.11. The van der Waals surface area contributed by atoms with Crippen LogP contribution in [0.1, 0.15) is 30.0 Å². The van der Waals surface area contributed by atoms with Crippen LogP contribution in [0.4, 0.5) is 0 Å². The van der Waals surface area contributed by atoms with Crippen LogP contribution in [0, 0.1) is 12.8 Å². The lowest BCUT2D eigenvalue weighted by Crippen LogP contribution is -2.23. The number of carbonyl (C=O) groups excluding carboxylic acids is 1. The molecule has 1 amide bonds. The molecule has 0 saturated carbocycles. The molecule has 1 N–H and O–H groups in total. The fraction of sp³-hybridized carbons (Fsp3) is 0.412. The number of amides is 1. The minimum absolute atomic E-state index is 0.117. The molecule has 0 radical (unpaired) electrons. The minimum atomic E-state index is -0.117. The Morgan fingerprint density at radius 2 is 2.30 bits per heavy atom. The van der Waals surface area contributed by atoms with Gasteiger partial charge < -0.3 is 5.32 Å². The molecule has 0 unspecified atom stereocenters. The van der Waals surface area contributed by atoms with Crippen molar-refractivity contribution in [2.75, 3.05) is 6.54 Å². The molecule has 23 heavy (non-hydrogen) atoms. The zero-order chi connectivity index (χ0) is 16.8. The Labute approximate surface area is 146 Å². The van der Waals surface area contributed by atoms with E-state index in [-0.39, 0.29) is 5.91 Å². The Balaban J connectivity index is 1.91. The third kappa shape index (κ3) is 5.22. The SMILES string of the molecule is Cc1nn(CC(C)C)c(Cl)c1/C=C/C(=O)NCCc1cccs1. The molecule has 0 saturated heterocycles. The first-order valence-electron chi connectivity index (χ1n) is 7.68. The van der Waals surface area contributed by atoms with Crippen molar-refractivity contribution in [1.82, 2.24) is 15.1 Å². The van der Waals surface area contributed by atoms with E-state index < -0.39 is 0 Å². The lowest BCUT2D eigenvalue weighted by atomic mass is 10.2. The molecule has 2 aromatic heterocycles. The summed E-state index contributed by atoms with van der Waals surface area (Å²) in [5.41, 5.74) is 1.64. The molecule has 2 aromatic rings. The van der Waals surface area contributed by atoms with E-state index in [4.69, 9.17) is 11.6 Å². The summed E-state index contributed by atoms with van der Waals surface area (Å²) in [4.78, 5) is 13.2. The van der Waals surface area contributed by atoms with Crippen LogP contribution in [-0.2, 0) is 17.8 Å². The van der Waals surface area contributed by atoms with E-state index >= 15 is 0 Å². The van der Waals surface area contributed by atoms with E-state index in [1.807, 2.05) is 18.4 Å². The van der Waals surface area contributed by atoms with Crippen LogP contribution in [0.3, 0.4) is 0 Å². The van der Waals surface area contributed by atoms with Crippen molar-refractivity contribution >= 4 is 34.9 Å². The fourth-order valence-electron chi connectivity index (χ4n) is 2.21. The van der Waals surface area contributed by atoms with Crippen molar-refractivity contribution in [2.45, 2.75) is 33.7 Å². The summed E-state index contributed by atoms with van der Waals surface area (Å²) in [6, 6.07) is 4.08. The maximum Gasteiger partial charge on any atom is 0.244 e. The van der Waals surface area contributed by atoms with Crippen LogP contribution < -0.4 is 5.32 Å². The molecule has 0 fully saturated rings. The predicted octanol–water partition coefficient (Wildman–Crippen LogP) is 3.93. The highest BCUT2D eigenvalue weighted by Gasteiger charge is 2.12. The van der Waals surface area contributed by atoms with Gasteiger partial charge in [0.25, 0.3) is 0 Å². The summed E-state index contributed by atoms with van der Waals surface area (Å²) >= 11 is 8.05. The van der Waals surface area contributed by atoms with E-state index in [0.717, 1.165) is 24.2 Å². The molecule has 4 nitrogen and oxygen atoms in total. The number of carbonyl (C=O) groups is 1. The van der Waals surface area contributed by atoms with Crippen molar-refractivity contribution in [3.63, 3.8) is 0 Å². The lowest BCUT2D eigenvalue weighted by molar-refractivity contribution is -0.116. The molecule has 0 spiro atoms. The van der Waals surface area contributed by atoms with E-state index in [1.165, 1.54) is 11.0 Å². The van der Waals surface area contributed by atoms with Gasteiger partial charge in [-0.25, -0.2) is 0 Å². The number of rotatable bonds is 7. The maximum absolute atomic E-state index is 11.9. The summed E-state index contributed by atoms with van der Waals surface area (Å²) in [7, 11) is 0. The zero-order valence-corrected chi connectivity index (χ0v) is 15.2. The van der Waals surface area contributed by atoms with Crippen molar-refractivity contribution in [1.29, 1.82) is 0 Å². The van der Waals surface area contributed by atoms with Gasteiger partial charge in [0.05, 0.1) is 5.69 Å². The first-order valence-corrected chi connectivity index (χ1v) is 8.94. The van der Waals surface area contributed by atoms with Crippen molar-refractivity contribution in [2.24, 2.45) is 5.92 Å². The molecule has 2 rings (SSSR count). The molecule has 0 aliphatic rings. The van der Waals surface area contributed by atoms with Crippen LogP contribution in [0.15, 0.2) is 23.6 Å². The molecule has 0 bridgehead atoms. The third-order valence-electron chi connectivity index (χ3n) is 3.30. The highest BCUT2D eigenvalue weighted by atomic mass is 35.5. The van der Waals surface area contributed by atoms with Gasteiger partial charge >= 0.3 is 0 Å². The highest BCUT2D eigenvalue weighted by Crippen LogP contribution is 2.22. The first kappa shape index (κ1) is 17.8. The average molecular weight is 352 g/mol. The van der Waals surface area contributed by atoms with Gasteiger partial charge in [0, 0.05) is 29.6 Å². The topological polar surface area (TPSA) is 46.9 Å². The van der Waals surface area contributed by atoms with E-state index in [1.54, 1.807) is 22.1 Å². The Hall–Kier alpha value is -1.59. The Morgan fingerprint density at radius 3 is 2.96 bits per heavy atom. The molecular formula is C17H22ClN3OS. The zero-order valence-electron chi connectivity index (χ0n) is 13.7. The van der Waals surface area contributed by atoms with Gasteiger partial charge in [-0.2, -0.15) is 5.10 Å². The van der Waals surface area contributed by atoms with Gasteiger partial charge in [-0.15, -0.1) is 11.3 Å². The van der Waals surface area contributed by atoms with Crippen LogP contribution >= 0.6 is 22.9 Å². The highest BCUT2D eigenvalue weighted by molar-refractivity contribution is 7.09. The monoisotopic (exact) mass is 351 g/mol. The molecule has 6 heteroatoms. The Morgan fingerprint density at radius 1 is 1.52 bits per heavy atom. The quantitative estimate of drug-likeness (QED) is 0.768. The van der Waals surface area contributed by atoms with Crippen LogP contribution in [-0.4, -0.2) is 22.2 Å². The molecule has 0 aromatic carbocycles. The van der Waals surface area contributed by atoms with Gasteiger partial charge in [-0.3, -0.25) is 9.48 Å². The van der Waals surface area contributed by atoms with E-state index in [9.17, 15) is 4.79 Å². The standard InChI is InChI=1S/C17H22ClN3OS/c1-12(2)11-21-17(18)15(13(3)20-21)6-7-16(22)19-9-8-14-5-4-10-23-14/h4-7,10,12H,8-9,11H2,1-3H3,(H,19,22)/b7-6+. The molecular weight excluding hydrogens is 330 g/mol. The second kappa shape index (κ2) is 8.31. The predicted molar refractivity (Wildman–Crippen MR) is 96.9 cm³/mol. The smallest absolute Gasteiger partial charge is 0.244 e. The summed E-state index contributed by atoms with van der Waals surface area (Å²) < 4.78 is 1.79. The second-order valence-electron chi connectivity index (χ2n) is 5.82. The maximum atomic E-state index is 11.9. The molecule has 2 heterocycles. The minimum Gasteiger partial charge on any atom is -0.352 e. The van der Waals surface area contributed by atoms with Crippen LogP contribution in [0.2, 0.25) is 5.15 Å². The number of aryl methyl sites for hydroxylation is 1. The fourth-order valence-corrected chi connectivity index (χ4v) is 3.22. The number of thiophene rings is 1. The van der Waals surface area contributed by atoms with Gasteiger partial charge in [0.2, 0.25) is 5.91 Å². The number of aromatic nitrogens is 2. The van der Waals surface area contributed by atoms with Gasteiger partial charge in [0.1, 0.15) is 5.15 Å². The second-order valence-corrected chi connectivity index (χ2v) is 7.21. The Kier molecular flexibility index (Phi) is 6.42. The van der Waals surface area contributed by atoms with E-state index in [2.05, 4.69) is 30.3 Å². The lowest BCUT2D eigenvalue weighted by Gasteiger charge is -2.05. The normalized spacial score (nSPS) is 11.5. The summed E-state index contributed by atoms with van der Waals surface area (Å²) in [5, 5.41) is 9.93. The largest absolute Gasteiger partial charge is 0.352 e. The Bertz CT molecular complexity index is 674. The molecule has 0 aliphatic carbocycles. The van der Waals surface area contributed by atoms with E-state index in [0.29, 0.717) is 17.6 Å². The van der Waals surface area contributed by atoms with Crippen molar-refractivity contribution in [3.05, 3.63) is 44.9 Å². The number of nitrogens with one attached hydrogen (secondary N) is 1. The third-order valence-corrected chi connectivity index (χ3v) is 4.63. The van der Waals surface area contributed by atoms with Crippen molar-refractivity contribution < 1.29 is 4.79 Å². The number of halogens is 1. The molecule has 124 valence electrons. The number of hydrogen-bond acceptors (Lipinski definition) is 3. The van der Waals surface area contributed by atoms with Crippen LogP contribution in [0.5, 0.6) is 0 Å². The number of nitrogens with zero attached hydrogens (tertiary/aromatic N) is 2. The van der Waals surface area contributed by atoms with Crippen LogP contribution in [0.25, 0.3) is 6.08 Å². The van der Waals surface area contributed by atoms with Crippen molar-refractivity contribution in [3.8, 4) is 0 Å². The molecule has 0 atom stereocenters. The van der Waals surface area contributed by atoms with Gasteiger partial charge in [0.15, 0.2) is 0 Å². The van der Waals surface area contributed by atoms with Gasteiger partial charge in [-0.05, 0) is 36.8 Å². The average Bonchev–Trinajstić information content (AvgIpc) is 3.07. The number of hydrogen-bond donors (Lipinski definition) is 1. The molecule has 0 aliphatic heterocycles. The summed E-state index contributed by atoms with van der Waals surface area (Å²) in [5.74, 6) is 0.345. The summed E-state index contributed by atoms with van der Waals surface area (Å²) in [6.45, 7) is 7.52. The van der Waals surface area contributed by atoms with Gasteiger partial charge in [-0.1, -0.05) is 31.5 Å². The first-order chi connectivity index (χ1) is 11.0.